The van der Waals surface area contributed by atoms with Gasteiger partial charge in [0.1, 0.15) is 0 Å². The minimum atomic E-state index is 0.864. The molecule has 2 rings (SSSR count). The summed E-state index contributed by atoms with van der Waals surface area (Å²) in [4.78, 5) is 0. The van der Waals surface area contributed by atoms with Crippen molar-refractivity contribution in [3.63, 3.8) is 0 Å². The second-order valence-corrected chi connectivity index (χ2v) is 5.78. The van der Waals surface area contributed by atoms with Crippen LogP contribution in [0.1, 0.15) is 32.1 Å². The average molecular weight is 222 g/mol. The van der Waals surface area contributed by atoms with Gasteiger partial charge in [0.05, 0.1) is 0 Å². The molecule has 2 unspecified atom stereocenters. The van der Waals surface area contributed by atoms with Crippen LogP contribution in [0.5, 0.6) is 0 Å². The molecule has 15 heavy (non-hydrogen) atoms. The lowest BCUT2D eigenvalue weighted by molar-refractivity contribution is 0.251. The molecule has 0 aromatic carbocycles. The van der Waals surface area contributed by atoms with Crippen LogP contribution in [0.4, 0.5) is 0 Å². The van der Waals surface area contributed by atoms with Gasteiger partial charge in [-0.05, 0) is 61.9 Å². The summed E-state index contributed by atoms with van der Waals surface area (Å²) in [6, 6.07) is 0. The van der Waals surface area contributed by atoms with Crippen molar-refractivity contribution in [3.8, 4) is 0 Å². The minimum Gasteiger partial charge on any atom is -0.165 e. The van der Waals surface area contributed by atoms with E-state index in [0.717, 1.165) is 17.8 Å². The van der Waals surface area contributed by atoms with E-state index in [1.54, 1.807) is 0 Å². The Kier molecular flexibility index (Phi) is 4.37. The first-order valence-corrected chi connectivity index (χ1v) is 7.63. The number of fused-ring (bicyclic) bond motifs is 1. The highest BCUT2D eigenvalue weighted by Crippen LogP contribution is 2.39. The molecule has 2 aliphatic rings. The van der Waals surface area contributed by atoms with Crippen molar-refractivity contribution in [1.29, 1.82) is 0 Å². The molecule has 0 radical (unpaired) electrons. The molecule has 84 valence electrons. The molecule has 0 fully saturated rings. The van der Waals surface area contributed by atoms with Gasteiger partial charge in [-0.15, -0.1) is 0 Å². The summed E-state index contributed by atoms with van der Waals surface area (Å²) in [6.45, 7) is 0. The molecule has 0 aromatic rings. The third kappa shape index (κ3) is 2.90. The van der Waals surface area contributed by atoms with Gasteiger partial charge in [0.2, 0.25) is 0 Å². The Morgan fingerprint density at radius 3 is 3.07 bits per heavy atom. The van der Waals surface area contributed by atoms with E-state index in [0.29, 0.717) is 0 Å². The fraction of sp³-hybridized carbons (Fsp3) is 0.714. The Labute approximate surface area is 98.2 Å². The molecule has 0 saturated heterocycles. The van der Waals surface area contributed by atoms with Crippen LogP contribution < -0.4 is 0 Å². The fourth-order valence-corrected chi connectivity index (χ4v) is 3.48. The monoisotopic (exact) mass is 222 g/mol. The zero-order chi connectivity index (χ0) is 10.5. The predicted molar refractivity (Wildman–Crippen MR) is 70.2 cm³/mol. The quantitative estimate of drug-likeness (QED) is 0.505. The maximum atomic E-state index is 2.50. The SMILES string of the molecule is CSCCC[C@@H]1C=CCC2C=CCCC21. The van der Waals surface area contributed by atoms with Gasteiger partial charge in [0.25, 0.3) is 0 Å². The fourth-order valence-electron chi connectivity index (χ4n) is 3.03. The average Bonchev–Trinajstić information content (AvgIpc) is 2.30. The highest BCUT2D eigenvalue weighted by atomic mass is 32.2. The Bertz CT molecular complexity index is 242. The van der Waals surface area contributed by atoms with Crippen molar-refractivity contribution in [3.05, 3.63) is 24.3 Å². The van der Waals surface area contributed by atoms with Crippen LogP contribution in [-0.2, 0) is 0 Å². The number of hydrogen-bond acceptors (Lipinski definition) is 1. The molecule has 0 aromatic heterocycles. The van der Waals surface area contributed by atoms with Crippen LogP contribution in [-0.4, -0.2) is 12.0 Å². The zero-order valence-corrected chi connectivity index (χ0v) is 10.5. The van der Waals surface area contributed by atoms with Crippen molar-refractivity contribution in [1.82, 2.24) is 0 Å². The van der Waals surface area contributed by atoms with Gasteiger partial charge >= 0.3 is 0 Å². The molecule has 0 saturated carbocycles. The molecule has 0 aliphatic heterocycles. The van der Waals surface area contributed by atoms with E-state index in [1.807, 2.05) is 11.8 Å². The summed E-state index contributed by atoms with van der Waals surface area (Å²) >= 11 is 1.98. The Morgan fingerprint density at radius 1 is 1.27 bits per heavy atom. The zero-order valence-electron chi connectivity index (χ0n) is 9.69. The molecule has 0 bridgehead atoms. The molecular weight excluding hydrogens is 200 g/mol. The number of allylic oxidation sites excluding steroid dienone is 4. The molecule has 0 amide bonds. The van der Waals surface area contributed by atoms with Crippen LogP contribution in [0, 0.1) is 17.8 Å². The normalized spacial score (nSPS) is 34.1. The van der Waals surface area contributed by atoms with Gasteiger partial charge in [0.15, 0.2) is 0 Å². The highest BCUT2D eigenvalue weighted by molar-refractivity contribution is 7.98. The first kappa shape index (κ1) is 11.3. The van der Waals surface area contributed by atoms with Crippen LogP contribution in [0.25, 0.3) is 0 Å². The molecule has 2 aliphatic carbocycles. The molecular formula is C14H22S. The molecule has 1 heteroatoms. The van der Waals surface area contributed by atoms with Gasteiger partial charge in [-0.1, -0.05) is 24.3 Å². The lowest BCUT2D eigenvalue weighted by Crippen LogP contribution is -2.26. The summed E-state index contributed by atoms with van der Waals surface area (Å²) in [5.74, 6) is 4.03. The maximum Gasteiger partial charge on any atom is -0.00701 e. The van der Waals surface area contributed by atoms with Gasteiger partial charge in [-0.25, -0.2) is 0 Å². The summed E-state index contributed by atoms with van der Waals surface area (Å²) in [5, 5.41) is 0. The Morgan fingerprint density at radius 2 is 2.20 bits per heavy atom. The third-order valence-electron chi connectivity index (χ3n) is 3.83. The van der Waals surface area contributed by atoms with Crippen molar-refractivity contribution >= 4 is 11.8 Å². The Hall–Kier alpha value is -0.170. The van der Waals surface area contributed by atoms with Crippen LogP contribution in [0.2, 0.25) is 0 Å². The summed E-state index contributed by atoms with van der Waals surface area (Å²) in [5.41, 5.74) is 0. The standard InChI is InChI=1S/C14H22S/c1-15-11-5-9-13-8-4-7-12-6-2-3-10-14(12)13/h2,4,6,8,12-14H,3,5,7,9-11H2,1H3/t12?,13-,14?/m0/s1. The van der Waals surface area contributed by atoms with E-state index in [-0.39, 0.29) is 0 Å². The van der Waals surface area contributed by atoms with E-state index in [9.17, 15) is 0 Å². The number of thioether (sulfide) groups is 1. The third-order valence-corrected chi connectivity index (χ3v) is 4.52. The van der Waals surface area contributed by atoms with Gasteiger partial charge < -0.3 is 0 Å². The van der Waals surface area contributed by atoms with Crippen molar-refractivity contribution < 1.29 is 0 Å². The summed E-state index contributed by atoms with van der Waals surface area (Å²) in [7, 11) is 0. The van der Waals surface area contributed by atoms with Crippen molar-refractivity contribution in [2.24, 2.45) is 17.8 Å². The van der Waals surface area contributed by atoms with E-state index in [4.69, 9.17) is 0 Å². The highest BCUT2D eigenvalue weighted by Gasteiger charge is 2.29. The van der Waals surface area contributed by atoms with Crippen LogP contribution in [0.15, 0.2) is 24.3 Å². The van der Waals surface area contributed by atoms with Crippen LogP contribution >= 0.6 is 11.8 Å². The summed E-state index contributed by atoms with van der Waals surface area (Å²) in [6.07, 6.45) is 18.8. The minimum absolute atomic E-state index is 0.864. The molecule has 0 heterocycles. The number of hydrogen-bond donors (Lipinski definition) is 0. The van der Waals surface area contributed by atoms with Crippen LogP contribution in [0.3, 0.4) is 0 Å². The lowest BCUT2D eigenvalue weighted by atomic mass is 9.70. The van der Waals surface area contributed by atoms with E-state index in [2.05, 4.69) is 30.6 Å². The van der Waals surface area contributed by atoms with E-state index >= 15 is 0 Å². The van der Waals surface area contributed by atoms with Gasteiger partial charge in [-0.2, -0.15) is 11.8 Å². The van der Waals surface area contributed by atoms with Crippen molar-refractivity contribution in [2.75, 3.05) is 12.0 Å². The maximum absolute atomic E-state index is 2.50. The predicted octanol–water partition coefficient (Wildman–Crippen LogP) is 4.29. The first-order chi connectivity index (χ1) is 7.42. The Balaban J connectivity index is 1.90. The van der Waals surface area contributed by atoms with Gasteiger partial charge in [0, 0.05) is 0 Å². The lowest BCUT2D eigenvalue weighted by Gasteiger charge is -2.35. The summed E-state index contributed by atoms with van der Waals surface area (Å²) < 4.78 is 0. The largest absolute Gasteiger partial charge is 0.165 e. The van der Waals surface area contributed by atoms with Crippen molar-refractivity contribution in [2.45, 2.75) is 32.1 Å². The second kappa shape index (κ2) is 5.79. The molecule has 0 nitrogen and oxygen atoms in total. The molecule has 0 N–H and O–H groups in total. The first-order valence-electron chi connectivity index (χ1n) is 6.24. The van der Waals surface area contributed by atoms with E-state index < -0.39 is 0 Å². The second-order valence-electron chi connectivity index (χ2n) is 4.80. The molecule has 0 spiro atoms. The topological polar surface area (TPSA) is 0 Å². The van der Waals surface area contributed by atoms with Gasteiger partial charge in [-0.3, -0.25) is 0 Å². The smallest absolute Gasteiger partial charge is 0.00701 e. The molecule has 3 atom stereocenters. The van der Waals surface area contributed by atoms with E-state index in [1.165, 1.54) is 37.9 Å². The number of rotatable bonds is 4.